The Morgan fingerprint density at radius 1 is 1.18 bits per heavy atom. The quantitative estimate of drug-likeness (QED) is 0.636. The summed E-state index contributed by atoms with van der Waals surface area (Å²) in [5, 5.41) is 3.21. The highest BCUT2D eigenvalue weighted by molar-refractivity contribution is 7.71. The van der Waals surface area contributed by atoms with Crippen LogP contribution in [0, 0.1) is 11.7 Å². The molecule has 0 amide bonds. The highest BCUT2D eigenvalue weighted by Crippen LogP contribution is 2.31. The fraction of sp³-hybridized carbons (Fsp3) is 0.300. The first-order chi connectivity index (χ1) is 13.6. The van der Waals surface area contributed by atoms with Gasteiger partial charge in [-0.3, -0.25) is 10.00 Å². The molecule has 7 nitrogen and oxygen atoms in total. The minimum Gasteiger partial charge on any atom is -0.486 e. The van der Waals surface area contributed by atoms with Crippen LogP contribution in [0.15, 0.2) is 34.7 Å². The Hall–Kier alpha value is -2.84. The number of aromatic nitrogens is 3. The van der Waals surface area contributed by atoms with E-state index in [0.29, 0.717) is 30.5 Å². The summed E-state index contributed by atoms with van der Waals surface area (Å²) in [5.74, 6) is 3.94. The van der Waals surface area contributed by atoms with E-state index in [-0.39, 0.29) is 0 Å². The Morgan fingerprint density at radius 3 is 2.79 bits per heavy atom. The van der Waals surface area contributed by atoms with Crippen molar-refractivity contribution in [3.05, 3.63) is 58.0 Å². The first-order valence-electron chi connectivity index (χ1n) is 9.05. The largest absolute Gasteiger partial charge is 0.486 e. The smallest absolute Gasteiger partial charge is 0.217 e. The Morgan fingerprint density at radius 2 is 2.00 bits per heavy atom. The molecule has 3 aromatic rings. The lowest BCUT2D eigenvalue weighted by Gasteiger charge is -2.21. The van der Waals surface area contributed by atoms with E-state index in [1.165, 1.54) is 0 Å². The molecule has 0 radical (unpaired) electrons. The van der Waals surface area contributed by atoms with E-state index in [9.17, 15) is 0 Å². The van der Waals surface area contributed by atoms with Gasteiger partial charge in [-0.1, -0.05) is 6.07 Å². The molecule has 0 saturated carbocycles. The van der Waals surface area contributed by atoms with Crippen molar-refractivity contribution in [2.24, 2.45) is 0 Å². The van der Waals surface area contributed by atoms with Crippen LogP contribution in [0.3, 0.4) is 0 Å². The van der Waals surface area contributed by atoms with Gasteiger partial charge in [0.1, 0.15) is 30.6 Å². The van der Waals surface area contributed by atoms with Crippen LogP contribution < -0.4 is 9.47 Å². The number of benzene rings is 1. The lowest BCUT2D eigenvalue weighted by atomic mass is 10.2. The number of hydrogen-bond donors (Lipinski definition) is 1. The maximum atomic E-state index is 5.65. The van der Waals surface area contributed by atoms with Gasteiger partial charge in [0.05, 0.1) is 6.67 Å². The SMILES string of the molecule is Cc1ccc(/C=C/c2nc(=S)n(CN(C)Cc3ccc4c(c3)OCCO4)[nH]2)o1. The number of aryl methyl sites for hydroxylation is 1. The molecule has 146 valence electrons. The fourth-order valence-electron chi connectivity index (χ4n) is 3.04. The summed E-state index contributed by atoms with van der Waals surface area (Å²) < 4.78 is 19.1. The van der Waals surface area contributed by atoms with Crippen LogP contribution in [0.25, 0.3) is 12.2 Å². The Labute approximate surface area is 168 Å². The van der Waals surface area contributed by atoms with E-state index in [4.69, 9.17) is 26.1 Å². The topological polar surface area (TPSA) is 68.5 Å². The van der Waals surface area contributed by atoms with Gasteiger partial charge in [0.25, 0.3) is 0 Å². The zero-order valence-electron chi connectivity index (χ0n) is 15.8. The molecule has 1 aliphatic rings. The van der Waals surface area contributed by atoms with Gasteiger partial charge in [0.2, 0.25) is 4.77 Å². The number of nitrogens with one attached hydrogen (secondary N) is 1. The third kappa shape index (κ3) is 4.35. The van der Waals surface area contributed by atoms with Crippen molar-refractivity contribution in [2.75, 3.05) is 20.3 Å². The van der Waals surface area contributed by atoms with Gasteiger partial charge in [-0.2, -0.15) is 4.98 Å². The summed E-state index contributed by atoms with van der Waals surface area (Å²) in [6.45, 7) is 4.43. The zero-order valence-corrected chi connectivity index (χ0v) is 16.7. The van der Waals surface area contributed by atoms with E-state index >= 15 is 0 Å². The number of furan rings is 1. The number of hydrogen-bond acceptors (Lipinski definition) is 6. The Balaban J connectivity index is 1.40. The van der Waals surface area contributed by atoms with Gasteiger partial charge >= 0.3 is 0 Å². The molecule has 0 aliphatic carbocycles. The molecule has 3 heterocycles. The zero-order chi connectivity index (χ0) is 19.5. The third-order valence-electron chi connectivity index (χ3n) is 4.31. The summed E-state index contributed by atoms with van der Waals surface area (Å²) in [6.07, 6.45) is 3.72. The molecule has 0 bridgehead atoms. The summed E-state index contributed by atoms with van der Waals surface area (Å²) >= 11 is 5.37. The van der Waals surface area contributed by atoms with E-state index in [1.54, 1.807) is 0 Å². The third-order valence-corrected chi connectivity index (χ3v) is 4.62. The summed E-state index contributed by atoms with van der Waals surface area (Å²) in [5.41, 5.74) is 1.14. The van der Waals surface area contributed by atoms with Gasteiger partial charge in [-0.25, -0.2) is 4.68 Å². The molecular weight excluding hydrogens is 376 g/mol. The maximum absolute atomic E-state index is 5.65. The highest BCUT2D eigenvalue weighted by Gasteiger charge is 2.13. The molecule has 2 aromatic heterocycles. The van der Waals surface area contributed by atoms with Gasteiger partial charge in [-0.15, -0.1) is 0 Å². The standard InChI is InChI=1S/C20H22N4O3S/c1-14-3-5-16(27-14)6-8-19-21-20(28)24(22-19)13-23(2)12-15-4-7-17-18(11-15)26-10-9-25-17/h3-8,11H,9-10,12-13H2,1-2H3,(H,21,22,28)/b8-6+. The van der Waals surface area contributed by atoms with Crippen LogP contribution in [-0.2, 0) is 13.2 Å². The first-order valence-corrected chi connectivity index (χ1v) is 9.46. The molecule has 8 heteroatoms. The molecule has 1 aliphatic heterocycles. The molecule has 1 N–H and O–H groups in total. The summed E-state index contributed by atoms with van der Waals surface area (Å²) in [4.78, 5) is 6.52. The van der Waals surface area contributed by atoms with Crippen LogP contribution in [0.2, 0.25) is 0 Å². The molecule has 0 fully saturated rings. The normalized spacial score (nSPS) is 13.5. The second-order valence-electron chi connectivity index (χ2n) is 6.73. The molecule has 0 saturated heterocycles. The van der Waals surface area contributed by atoms with E-state index in [2.05, 4.69) is 21.0 Å². The average Bonchev–Trinajstić information content (AvgIpc) is 3.25. The number of ether oxygens (including phenoxy) is 2. The van der Waals surface area contributed by atoms with E-state index in [1.807, 2.05) is 55.1 Å². The highest BCUT2D eigenvalue weighted by atomic mass is 32.1. The second-order valence-corrected chi connectivity index (χ2v) is 7.10. The second kappa shape index (κ2) is 8.04. The number of aromatic amines is 1. The van der Waals surface area contributed by atoms with Crippen molar-refractivity contribution in [3.8, 4) is 11.5 Å². The van der Waals surface area contributed by atoms with E-state index in [0.717, 1.165) is 35.1 Å². The first kappa shape index (κ1) is 18.5. The number of fused-ring (bicyclic) bond motifs is 1. The summed E-state index contributed by atoms with van der Waals surface area (Å²) in [7, 11) is 2.03. The minimum atomic E-state index is 0.504. The van der Waals surface area contributed by atoms with Gasteiger partial charge < -0.3 is 13.9 Å². The van der Waals surface area contributed by atoms with Crippen molar-refractivity contribution in [1.29, 1.82) is 0 Å². The van der Waals surface area contributed by atoms with Gasteiger partial charge in [-0.05, 0) is 68.2 Å². The van der Waals surface area contributed by atoms with Crippen LogP contribution >= 0.6 is 12.2 Å². The fourth-order valence-corrected chi connectivity index (χ4v) is 3.24. The lowest BCUT2D eigenvalue weighted by molar-refractivity contribution is 0.171. The lowest BCUT2D eigenvalue weighted by Crippen LogP contribution is -2.23. The number of nitrogens with zero attached hydrogens (tertiary/aromatic N) is 3. The molecule has 28 heavy (non-hydrogen) atoms. The van der Waals surface area contributed by atoms with Gasteiger partial charge in [0.15, 0.2) is 11.5 Å². The number of H-pyrrole nitrogens is 1. The molecule has 0 unspecified atom stereocenters. The molecule has 0 spiro atoms. The molecule has 1 aromatic carbocycles. The van der Waals surface area contributed by atoms with Crippen LogP contribution in [-0.4, -0.2) is 39.9 Å². The van der Waals surface area contributed by atoms with Crippen molar-refractivity contribution in [2.45, 2.75) is 20.1 Å². The van der Waals surface area contributed by atoms with E-state index < -0.39 is 0 Å². The van der Waals surface area contributed by atoms with Crippen LogP contribution in [0.5, 0.6) is 11.5 Å². The predicted octanol–water partition coefficient (Wildman–Crippen LogP) is 3.87. The van der Waals surface area contributed by atoms with Crippen molar-refractivity contribution < 1.29 is 13.9 Å². The molecule has 4 rings (SSSR count). The summed E-state index contributed by atoms with van der Waals surface area (Å²) in [6, 6.07) is 9.87. The van der Waals surface area contributed by atoms with Gasteiger partial charge in [0, 0.05) is 6.54 Å². The molecule has 0 atom stereocenters. The maximum Gasteiger partial charge on any atom is 0.217 e. The van der Waals surface area contributed by atoms with Crippen molar-refractivity contribution in [1.82, 2.24) is 19.7 Å². The van der Waals surface area contributed by atoms with Crippen LogP contribution in [0.4, 0.5) is 0 Å². The predicted molar refractivity (Wildman–Crippen MR) is 109 cm³/mol. The number of rotatable bonds is 6. The Kier molecular flexibility index (Phi) is 5.31. The average molecular weight is 398 g/mol. The van der Waals surface area contributed by atoms with Crippen molar-refractivity contribution >= 4 is 24.4 Å². The minimum absolute atomic E-state index is 0.504. The van der Waals surface area contributed by atoms with Crippen molar-refractivity contribution in [3.63, 3.8) is 0 Å². The van der Waals surface area contributed by atoms with Crippen LogP contribution in [0.1, 0.15) is 22.9 Å². The Bertz CT molecular complexity index is 1050. The molecular formula is C20H22N4O3S. The monoisotopic (exact) mass is 398 g/mol.